The van der Waals surface area contributed by atoms with E-state index < -0.39 is 0 Å². The van der Waals surface area contributed by atoms with Crippen LogP contribution in [-0.4, -0.2) is 24.5 Å². The Morgan fingerprint density at radius 2 is 2.10 bits per heavy atom. The summed E-state index contributed by atoms with van der Waals surface area (Å²) in [6, 6.07) is 5.24. The molecule has 3 rings (SSSR count). The molecular weight excluding hydrogens is 290 g/mol. The van der Waals surface area contributed by atoms with Crippen LogP contribution in [0, 0.1) is 6.92 Å². The third-order valence-electron chi connectivity index (χ3n) is 3.32. The van der Waals surface area contributed by atoms with Crippen molar-refractivity contribution in [2.45, 2.75) is 26.9 Å². The first-order valence-corrected chi connectivity index (χ1v) is 7.02. The molecule has 0 unspecified atom stereocenters. The van der Waals surface area contributed by atoms with Crippen LogP contribution in [0.25, 0.3) is 10.9 Å². The maximum Gasteiger partial charge on any atom is 0.263 e. The molecule has 0 saturated carbocycles. The number of rotatable bonds is 3. The van der Waals surface area contributed by atoms with Crippen LogP contribution >= 0.6 is 11.6 Å². The van der Waals surface area contributed by atoms with Gasteiger partial charge in [0, 0.05) is 0 Å². The van der Waals surface area contributed by atoms with Crippen LogP contribution < -0.4 is 5.56 Å². The third kappa shape index (κ3) is 2.42. The highest BCUT2D eigenvalue weighted by molar-refractivity contribution is 6.35. The average molecular weight is 304 g/mol. The minimum atomic E-state index is -0.170. The predicted octanol–water partition coefficient (Wildman–Crippen LogP) is 2.02. The first-order chi connectivity index (χ1) is 10.1. The van der Waals surface area contributed by atoms with E-state index >= 15 is 0 Å². The first kappa shape index (κ1) is 13.8. The lowest BCUT2D eigenvalue weighted by atomic mass is 10.2. The second-order valence-corrected chi connectivity index (χ2v) is 5.14. The molecule has 0 aliphatic rings. The van der Waals surface area contributed by atoms with Gasteiger partial charge < -0.3 is 0 Å². The van der Waals surface area contributed by atoms with Gasteiger partial charge in [0.25, 0.3) is 5.56 Å². The van der Waals surface area contributed by atoms with Crippen molar-refractivity contribution in [1.29, 1.82) is 0 Å². The summed E-state index contributed by atoms with van der Waals surface area (Å²) in [6.45, 7) is 4.87. The molecule has 0 N–H and O–H groups in total. The fraction of sp³-hybridized carbons (Fsp3) is 0.286. The summed E-state index contributed by atoms with van der Waals surface area (Å²) in [5.41, 5.74) is 1.99. The van der Waals surface area contributed by atoms with Crippen molar-refractivity contribution in [1.82, 2.24) is 24.5 Å². The molecular formula is C14H14ClN5O. The Labute approximate surface area is 126 Å². The molecule has 0 fully saturated rings. The maximum absolute atomic E-state index is 12.5. The van der Waals surface area contributed by atoms with E-state index in [0.717, 1.165) is 11.4 Å². The minimum Gasteiger partial charge on any atom is -0.292 e. The van der Waals surface area contributed by atoms with Gasteiger partial charge in [0.2, 0.25) is 0 Å². The normalized spacial score (nSPS) is 11.2. The predicted molar refractivity (Wildman–Crippen MR) is 80.5 cm³/mol. The minimum absolute atomic E-state index is 0.170. The molecule has 2 aromatic heterocycles. The molecule has 108 valence electrons. The smallest absolute Gasteiger partial charge is 0.263 e. The Morgan fingerprint density at radius 1 is 1.29 bits per heavy atom. The summed E-state index contributed by atoms with van der Waals surface area (Å²) in [5, 5.41) is 9.47. The summed E-state index contributed by atoms with van der Waals surface area (Å²) in [7, 11) is 0. The van der Waals surface area contributed by atoms with Crippen molar-refractivity contribution in [3.63, 3.8) is 0 Å². The van der Waals surface area contributed by atoms with Gasteiger partial charge in [-0.25, -0.2) is 4.98 Å². The fourth-order valence-electron chi connectivity index (χ4n) is 2.19. The molecule has 0 radical (unpaired) electrons. The molecule has 1 aromatic carbocycles. The van der Waals surface area contributed by atoms with Crippen LogP contribution in [0.2, 0.25) is 5.02 Å². The Hall–Kier alpha value is -2.21. The third-order valence-corrected chi connectivity index (χ3v) is 3.64. The second kappa shape index (κ2) is 5.29. The summed E-state index contributed by atoms with van der Waals surface area (Å²) in [5.74, 6) is 0. The van der Waals surface area contributed by atoms with Crippen molar-refractivity contribution in [2.75, 3.05) is 0 Å². The molecule has 0 aliphatic carbocycles. The Balaban J connectivity index is 2.09. The van der Waals surface area contributed by atoms with Crippen LogP contribution in [0.1, 0.15) is 18.3 Å². The SMILES string of the molecule is CCn1nc(C)c(Cn2cnc3cccc(Cl)c3c2=O)n1. The van der Waals surface area contributed by atoms with Gasteiger partial charge >= 0.3 is 0 Å². The number of fused-ring (bicyclic) bond motifs is 1. The number of hydrogen-bond donors (Lipinski definition) is 0. The molecule has 0 saturated heterocycles. The number of aromatic nitrogens is 5. The summed E-state index contributed by atoms with van der Waals surface area (Å²) >= 11 is 6.11. The topological polar surface area (TPSA) is 65.6 Å². The lowest BCUT2D eigenvalue weighted by Crippen LogP contribution is -2.22. The van der Waals surface area contributed by atoms with Gasteiger partial charge in [-0.2, -0.15) is 15.0 Å². The fourth-order valence-corrected chi connectivity index (χ4v) is 2.44. The van der Waals surface area contributed by atoms with Crippen molar-refractivity contribution < 1.29 is 0 Å². The van der Waals surface area contributed by atoms with Crippen LogP contribution in [0.5, 0.6) is 0 Å². The average Bonchev–Trinajstić information content (AvgIpc) is 2.82. The second-order valence-electron chi connectivity index (χ2n) is 4.73. The van der Waals surface area contributed by atoms with Gasteiger partial charge in [-0.1, -0.05) is 17.7 Å². The van der Waals surface area contributed by atoms with Crippen LogP contribution in [0.15, 0.2) is 29.3 Å². The Kier molecular flexibility index (Phi) is 3.47. The number of benzene rings is 1. The number of nitrogens with zero attached hydrogens (tertiary/aromatic N) is 5. The van der Waals surface area contributed by atoms with Gasteiger partial charge in [-0.3, -0.25) is 9.36 Å². The summed E-state index contributed by atoms with van der Waals surface area (Å²) in [4.78, 5) is 18.4. The van der Waals surface area contributed by atoms with Crippen molar-refractivity contribution >= 4 is 22.5 Å². The first-order valence-electron chi connectivity index (χ1n) is 6.64. The van der Waals surface area contributed by atoms with E-state index in [1.165, 1.54) is 10.9 Å². The molecule has 2 heterocycles. The van der Waals surface area contributed by atoms with Crippen LogP contribution in [0.3, 0.4) is 0 Å². The maximum atomic E-state index is 12.5. The van der Waals surface area contributed by atoms with E-state index in [9.17, 15) is 4.79 Å². The molecule has 6 nitrogen and oxygen atoms in total. The number of hydrogen-bond acceptors (Lipinski definition) is 4. The zero-order valence-electron chi connectivity index (χ0n) is 11.7. The zero-order valence-corrected chi connectivity index (χ0v) is 12.5. The molecule has 0 spiro atoms. The monoisotopic (exact) mass is 303 g/mol. The molecule has 0 bridgehead atoms. The van der Waals surface area contributed by atoms with Gasteiger partial charge in [-0.15, -0.1) is 0 Å². The zero-order chi connectivity index (χ0) is 15.0. The highest BCUT2D eigenvalue weighted by Gasteiger charge is 2.11. The largest absolute Gasteiger partial charge is 0.292 e. The lowest BCUT2D eigenvalue weighted by molar-refractivity contribution is 0.557. The van der Waals surface area contributed by atoms with Crippen molar-refractivity contribution in [3.8, 4) is 0 Å². The van der Waals surface area contributed by atoms with E-state index in [0.29, 0.717) is 29.0 Å². The van der Waals surface area contributed by atoms with E-state index in [4.69, 9.17) is 11.6 Å². The van der Waals surface area contributed by atoms with Gasteiger partial charge in [0.15, 0.2) is 0 Å². The van der Waals surface area contributed by atoms with Crippen LogP contribution in [0.4, 0.5) is 0 Å². The summed E-state index contributed by atoms with van der Waals surface area (Å²) in [6.07, 6.45) is 1.52. The molecule has 3 aromatic rings. The van der Waals surface area contributed by atoms with Crippen molar-refractivity contribution in [3.05, 3.63) is 51.3 Å². The van der Waals surface area contributed by atoms with Gasteiger partial charge in [0.05, 0.1) is 41.0 Å². The van der Waals surface area contributed by atoms with E-state index in [1.807, 2.05) is 13.8 Å². The Morgan fingerprint density at radius 3 is 2.81 bits per heavy atom. The molecule has 0 amide bonds. The highest BCUT2D eigenvalue weighted by atomic mass is 35.5. The quantitative estimate of drug-likeness (QED) is 0.742. The molecule has 21 heavy (non-hydrogen) atoms. The standard InChI is InChI=1S/C14H14ClN5O/c1-3-20-17-9(2)12(18-20)7-19-8-16-11-6-4-5-10(15)13(11)14(19)21/h4-6,8H,3,7H2,1-2H3. The Bertz CT molecular complexity index is 867. The van der Waals surface area contributed by atoms with Gasteiger partial charge in [-0.05, 0) is 26.0 Å². The van der Waals surface area contributed by atoms with Crippen molar-refractivity contribution in [2.24, 2.45) is 0 Å². The van der Waals surface area contributed by atoms with E-state index in [-0.39, 0.29) is 5.56 Å². The lowest BCUT2D eigenvalue weighted by Gasteiger charge is -2.06. The van der Waals surface area contributed by atoms with E-state index in [1.54, 1.807) is 23.0 Å². The molecule has 0 atom stereocenters. The van der Waals surface area contributed by atoms with Gasteiger partial charge in [0.1, 0.15) is 5.69 Å². The highest BCUT2D eigenvalue weighted by Crippen LogP contribution is 2.17. The molecule has 0 aliphatic heterocycles. The number of aryl methyl sites for hydroxylation is 2. The summed E-state index contributed by atoms with van der Waals surface area (Å²) < 4.78 is 1.51. The van der Waals surface area contributed by atoms with E-state index in [2.05, 4.69) is 15.2 Å². The number of halogens is 1. The molecule has 7 heteroatoms. The van der Waals surface area contributed by atoms with Crippen LogP contribution in [-0.2, 0) is 13.1 Å².